The summed E-state index contributed by atoms with van der Waals surface area (Å²) in [5.41, 5.74) is -0.493. The van der Waals surface area contributed by atoms with E-state index < -0.39 is 5.60 Å². The molecule has 0 aromatic heterocycles. The molecule has 100 valence electrons. The van der Waals surface area contributed by atoms with Crippen molar-refractivity contribution < 1.29 is 14.3 Å². The van der Waals surface area contributed by atoms with E-state index in [9.17, 15) is 9.59 Å². The minimum absolute atomic E-state index is 0.287. The maximum atomic E-state index is 11.6. The Balaban J connectivity index is 0.000000770. The lowest BCUT2D eigenvalue weighted by molar-refractivity contribution is -0.111. The van der Waals surface area contributed by atoms with Crippen LogP contribution in [0.25, 0.3) is 0 Å². The molecule has 4 nitrogen and oxygen atoms in total. The molecule has 0 aliphatic carbocycles. The highest BCUT2D eigenvalue weighted by Gasteiger charge is 2.31. The number of carbonyl (C=O) groups excluding carboxylic acids is 2. The Hall–Kier alpha value is -0.710. The first-order valence-corrected chi connectivity index (χ1v) is 7.34. The first-order chi connectivity index (χ1) is 7.85. The van der Waals surface area contributed by atoms with Crippen molar-refractivity contribution in [1.82, 2.24) is 4.90 Å². The Morgan fingerprint density at radius 2 is 1.94 bits per heavy atom. The highest BCUT2D eigenvalue weighted by atomic mass is 32.2. The van der Waals surface area contributed by atoms with Gasteiger partial charge >= 0.3 is 6.09 Å². The number of hydrogen-bond donors (Lipinski definition) is 0. The van der Waals surface area contributed by atoms with E-state index in [-0.39, 0.29) is 12.1 Å². The van der Waals surface area contributed by atoms with Gasteiger partial charge in [0.25, 0.3) is 0 Å². The maximum absolute atomic E-state index is 11.6. The first-order valence-electron chi connectivity index (χ1n) is 5.70. The average molecular weight is 261 g/mol. The van der Waals surface area contributed by atoms with Crippen LogP contribution in [-0.2, 0) is 9.53 Å². The summed E-state index contributed by atoms with van der Waals surface area (Å²) in [5, 5.41) is 0. The van der Waals surface area contributed by atoms with Crippen LogP contribution in [0, 0.1) is 0 Å². The van der Waals surface area contributed by atoms with Gasteiger partial charge in [-0.05, 0) is 46.1 Å². The second-order valence-electron chi connectivity index (χ2n) is 4.93. The summed E-state index contributed by atoms with van der Waals surface area (Å²) in [6, 6.07) is -0.287. The number of hydrogen-bond acceptors (Lipinski definition) is 4. The summed E-state index contributed by atoms with van der Waals surface area (Å²) in [6.07, 6.45) is 6.15. The van der Waals surface area contributed by atoms with E-state index in [1.165, 1.54) is 4.90 Å². The molecule has 1 atom stereocenters. The minimum Gasteiger partial charge on any atom is -0.444 e. The second kappa shape index (κ2) is 7.58. The molecule has 0 unspecified atom stereocenters. The normalized spacial score (nSPS) is 19.4. The van der Waals surface area contributed by atoms with Crippen molar-refractivity contribution >= 4 is 24.1 Å². The fourth-order valence-corrected chi connectivity index (χ4v) is 1.48. The molecular formula is C12H23NO3S. The van der Waals surface area contributed by atoms with Gasteiger partial charge in [0.1, 0.15) is 11.9 Å². The summed E-state index contributed by atoms with van der Waals surface area (Å²) < 4.78 is 5.18. The van der Waals surface area contributed by atoms with Crippen molar-refractivity contribution in [2.75, 3.05) is 19.1 Å². The predicted molar refractivity (Wildman–Crippen MR) is 71.5 cm³/mol. The third-order valence-corrected chi connectivity index (χ3v) is 2.08. The van der Waals surface area contributed by atoms with Gasteiger partial charge in [0.15, 0.2) is 0 Å². The van der Waals surface area contributed by atoms with E-state index in [1.54, 1.807) is 11.8 Å². The van der Waals surface area contributed by atoms with Crippen molar-refractivity contribution in [3.63, 3.8) is 0 Å². The lowest BCUT2D eigenvalue weighted by Gasteiger charge is -2.26. The molecule has 1 aliphatic rings. The maximum Gasteiger partial charge on any atom is 0.410 e. The van der Waals surface area contributed by atoms with Crippen LogP contribution in [0.2, 0.25) is 0 Å². The molecule has 1 saturated heterocycles. The van der Waals surface area contributed by atoms with Crippen LogP contribution in [0.3, 0.4) is 0 Å². The van der Waals surface area contributed by atoms with Gasteiger partial charge in [0.2, 0.25) is 0 Å². The molecule has 0 N–H and O–H groups in total. The van der Waals surface area contributed by atoms with Gasteiger partial charge in [-0.3, -0.25) is 4.90 Å². The number of thioether (sulfide) groups is 1. The molecule has 0 aromatic carbocycles. The zero-order valence-electron chi connectivity index (χ0n) is 11.4. The summed E-state index contributed by atoms with van der Waals surface area (Å²) in [7, 11) is 0. The van der Waals surface area contributed by atoms with Gasteiger partial charge in [0, 0.05) is 6.54 Å². The van der Waals surface area contributed by atoms with Crippen LogP contribution < -0.4 is 0 Å². The van der Waals surface area contributed by atoms with Crippen molar-refractivity contribution in [3.05, 3.63) is 0 Å². The van der Waals surface area contributed by atoms with Gasteiger partial charge < -0.3 is 9.53 Å². The van der Waals surface area contributed by atoms with Crippen LogP contribution in [0.5, 0.6) is 0 Å². The number of aldehydes is 1. The highest BCUT2D eigenvalue weighted by molar-refractivity contribution is 7.97. The fraction of sp³-hybridized carbons (Fsp3) is 0.833. The molecule has 0 radical (unpaired) electrons. The lowest BCUT2D eigenvalue weighted by atomic mass is 10.2. The molecule has 1 rings (SSSR count). The van der Waals surface area contributed by atoms with Crippen molar-refractivity contribution in [1.29, 1.82) is 0 Å². The largest absolute Gasteiger partial charge is 0.444 e. The molecule has 0 bridgehead atoms. The molecule has 0 saturated carbocycles. The van der Waals surface area contributed by atoms with Gasteiger partial charge in [-0.2, -0.15) is 11.8 Å². The molecule has 1 aliphatic heterocycles. The average Bonchev–Trinajstić information content (AvgIpc) is 2.63. The van der Waals surface area contributed by atoms with Gasteiger partial charge in [-0.15, -0.1) is 0 Å². The number of amides is 1. The molecular weight excluding hydrogens is 238 g/mol. The SMILES string of the molecule is CC(C)(C)OC(=O)N1CCC[C@H]1C=O.CSC. The summed E-state index contributed by atoms with van der Waals surface area (Å²) in [6.45, 7) is 6.07. The van der Waals surface area contributed by atoms with Gasteiger partial charge in [-0.1, -0.05) is 0 Å². The zero-order chi connectivity index (χ0) is 13.5. The number of likely N-dealkylation sites (tertiary alicyclic amines) is 1. The quantitative estimate of drug-likeness (QED) is 0.681. The van der Waals surface area contributed by atoms with E-state index in [2.05, 4.69) is 0 Å². The Labute approximate surface area is 108 Å². The molecule has 1 fully saturated rings. The van der Waals surface area contributed by atoms with Gasteiger partial charge in [0.05, 0.1) is 6.04 Å². The summed E-state index contributed by atoms with van der Waals surface area (Å²) >= 11 is 1.75. The number of nitrogens with zero attached hydrogens (tertiary/aromatic N) is 1. The number of rotatable bonds is 1. The summed E-state index contributed by atoms with van der Waals surface area (Å²) in [5.74, 6) is 0. The van der Waals surface area contributed by atoms with Crippen molar-refractivity contribution in [2.24, 2.45) is 0 Å². The monoisotopic (exact) mass is 261 g/mol. The molecule has 17 heavy (non-hydrogen) atoms. The smallest absolute Gasteiger partial charge is 0.410 e. The predicted octanol–water partition coefficient (Wildman–Crippen LogP) is 2.56. The van der Waals surface area contributed by atoms with Crippen LogP contribution >= 0.6 is 11.8 Å². The first kappa shape index (κ1) is 16.3. The Morgan fingerprint density at radius 3 is 2.35 bits per heavy atom. The highest BCUT2D eigenvalue weighted by Crippen LogP contribution is 2.19. The molecule has 0 aromatic rings. The van der Waals surface area contributed by atoms with Gasteiger partial charge in [-0.25, -0.2) is 4.79 Å². The van der Waals surface area contributed by atoms with E-state index in [1.807, 2.05) is 33.3 Å². The Morgan fingerprint density at radius 1 is 1.41 bits per heavy atom. The standard InChI is InChI=1S/C10H17NO3.C2H6S/c1-10(2,3)14-9(13)11-6-4-5-8(11)7-12;1-3-2/h7-8H,4-6H2,1-3H3;1-2H3/t8-;/m0./s1. The van der Waals surface area contributed by atoms with E-state index in [0.717, 1.165) is 19.1 Å². The molecule has 1 heterocycles. The molecule has 5 heteroatoms. The van der Waals surface area contributed by atoms with Crippen LogP contribution in [-0.4, -0.2) is 48.0 Å². The topological polar surface area (TPSA) is 46.6 Å². The molecule has 0 spiro atoms. The van der Waals surface area contributed by atoms with Crippen LogP contribution in [0.4, 0.5) is 4.79 Å². The van der Waals surface area contributed by atoms with Crippen LogP contribution in [0.15, 0.2) is 0 Å². The zero-order valence-corrected chi connectivity index (χ0v) is 12.2. The minimum atomic E-state index is -0.493. The molecule has 1 amide bonds. The fourth-order valence-electron chi connectivity index (χ4n) is 1.48. The summed E-state index contributed by atoms with van der Waals surface area (Å²) in [4.78, 5) is 23.7. The number of carbonyl (C=O) groups is 2. The van der Waals surface area contributed by atoms with E-state index in [0.29, 0.717) is 6.54 Å². The number of ether oxygens (including phenoxy) is 1. The van der Waals surface area contributed by atoms with E-state index in [4.69, 9.17) is 4.74 Å². The van der Waals surface area contributed by atoms with Crippen molar-refractivity contribution in [3.8, 4) is 0 Å². The van der Waals surface area contributed by atoms with Crippen LogP contribution in [0.1, 0.15) is 33.6 Å². The second-order valence-corrected chi connectivity index (χ2v) is 5.74. The lowest BCUT2D eigenvalue weighted by Crippen LogP contribution is -2.40. The van der Waals surface area contributed by atoms with Crippen molar-refractivity contribution in [2.45, 2.75) is 45.3 Å². The Bertz CT molecular complexity index is 251. The third-order valence-electron chi connectivity index (χ3n) is 2.08. The Kier molecular flexibility index (Phi) is 7.27. The van der Waals surface area contributed by atoms with E-state index >= 15 is 0 Å². The third kappa shape index (κ3) is 6.56.